The van der Waals surface area contributed by atoms with Gasteiger partial charge < -0.3 is 10.3 Å². The van der Waals surface area contributed by atoms with Crippen molar-refractivity contribution < 1.29 is 0 Å². The molecule has 1 aromatic rings. The molecule has 0 bridgehead atoms. The highest BCUT2D eigenvalue weighted by atomic mass is 15.3. The number of unbranched alkanes of at least 4 members (excludes halogenated alkanes) is 1. The van der Waals surface area contributed by atoms with Crippen LogP contribution in [0.3, 0.4) is 0 Å². The summed E-state index contributed by atoms with van der Waals surface area (Å²) in [6, 6.07) is 0. The molecule has 0 unspecified atom stereocenters. The Morgan fingerprint density at radius 3 is 3.00 bits per heavy atom. The van der Waals surface area contributed by atoms with Gasteiger partial charge in [0.15, 0.2) is 0 Å². The minimum absolute atomic E-state index is 0.764. The molecule has 0 radical (unpaired) electrons. The van der Waals surface area contributed by atoms with Crippen LogP contribution in [0.2, 0.25) is 0 Å². The second kappa shape index (κ2) is 4.87. The molecule has 0 saturated carbocycles. The largest absolute Gasteiger partial charge is 0.330 e. The molecule has 0 atom stereocenters. The normalized spacial score (nSPS) is 10.5. The second-order valence-corrected chi connectivity index (χ2v) is 2.78. The molecular weight excluding hydrogens is 152 g/mol. The fraction of sp³-hybridized carbons (Fsp3) is 0.750. The summed E-state index contributed by atoms with van der Waals surface area (Å²) < 4.78 is 2.07. The van der Waals surface area contributed by atoms with Crippen LogP contribution in [0.25, 0.3) is 0 Å². The quantitative estimate of drug-likeness (QED) is 0.654. The first-order valence-electron chi connectivity index (χ1n) is 4.45. The molecule has 0 amide bonds. The summed E-state index contributed by atoms with van der Waals surface area (Å²) in [5.74, 6) is 1.07. The van der Waals surface area contributed by atoms with Crippen molar-refractivity contribution in [3.63, 3.8) is 0 Å². The highest BCUT2D eigenvalue weighted by Crippen LogP contribution is 2.00. The molecule has 0 aliphatic heterocycles. The first-order chi connectivity index (χ1) is 5.88. The van der Waals surface area contributed by atoms with Gasteiger partial charge in [0.05, 0.1) is 0 Å². The molecule has 1 heterocycles. The number of nitrogens with two attached hydrogens (primary N) is 1. The van der Waals surface area contributed by atoms with E-state index in [4.69, 9.17) is 5.73 Å². The minimum Gasteiger partial charge on any atom is -0.330 e. The molecule has 0 aliphatic carbocycles. The van der Waals surface area contributed by atoms with E-state index in [0.717, 1.165) is 38.2 Å². The van der Waals surface area contributed by atoms with Gasteiger partial charge in [-0.3, -0.25) is 0 Å². The highest BCUT2D eigenvalue weighted by Gasteiger charge is 2.00. The topological polar surface area (TPSA) is 56.7 Å². The third-order valence-electron chi connectivity index (χ3n) is 1.89. The zero-order valence-electron chi connectivity index (χ0n) is 7.53. The number of hydrogen-bond donors (Lipinski definition) is 1. The molecule has 1 aromatic heterocycles. The average Bonchev–Trinajstić information content (AvgIpc) is 2.52. The van der Waals surface area contributed by atoms with Gasteiger partial charge in [0.2, 0.25) is 0 Å². The lowest BCUT2D eigenvalue weighted by Gasteiger charge is -2.01. The Kier molecular flexibility index (Phi) is 3.73. The first-order valence-corrected chi connectivity index (χ1v) is 4.45. The first kappa shape index (κ1) is 9.19. The predicted octanol–water partition coefficient (Wildman–Crippen LogP) is 0.579. The molecule has 68 valence electrons. The van der Waals surface area contributed by atoms with Gasteiger partial charge >= 0.3 is 0 Å². The lowest BCUT2D eigenvalue weighted by atomic mass is 10.2. The molecule has 4 heteroatoms. The maximum absolute atomic E-state index is 5.40. The van der Waals surface area contributed by atoms with Crippen LogP contribution in [0, 0.1) is 0 Å². The van der Waals surface area contributed by atoms with Gasteiger partial charge in [0.25, 0.3) is 0 Å². The zero-order chi connectivity index (χ0) is 8.81. The number of aryl methyl sites for hydroxylation is 2. The smallest absolute Gasteiger partial charge is 0.132 e. The summed E-state index contributed by atoms with van der Waals surface area (Å²) in [6.45, 7) is 3.81. The van der Waals surface area contributed by atoms with Gasteiger partial charge in [-0.25, -0.2) is 0 Å². The van der Waals surface area contributed by atoms with Crippen LogP contribution in [0.5, 0.6) is 0 Å². The van der Waals surface area contributed by atoms with Crippen LogP contribution in [-0.2, 0) is 13.0 Å². The van der Waals surface area contributed by atoms with E-state index >= 15 is 0 Å². The maximum Gasteiger partial charge on any atom is 0.132 e. The van der Waals surface area contributed by atoms with Crippen molar-refractivity contribution in [1.82, 2.24) is 14.8 Å². The predicted molar refractivity (Wildman–Crippen MR) is 47.7 cm³/mol. The monoisotopic (exact) mass is 168 g/mol. The molecule has 12 heavy (non-hydrogen) atoms. The lowest BCUT2D eigenvalue weighted by molar-refractivity contribution is 0.650. The van der Waals surface area contributed by atoms with Crippen LogP contribution in [0.1, 0.15) is 25.6 Å². The molecule has 0 aliphatic rings. The number of rotatable bonds is 5. The van der Waals surface area contributed by atoms with E-state index in [1.807, 2.05) is 0 Å². The Balaban J connectivity index is 2.39. The zero-order valence-corrected chi connectivity index (χ0v) is 7.53. The maximum atomic E-state index is 5.40. The van der Waals surface area contributed by atoms with Crippen molar-refractivity contribution in [2.45, 2.75) is 32.7 Å². The van der Waals surface area contributed by atoms with Gasteiger partial charge in [-0.15, -0.1) is 10.2 Å². The molecular formula is C8H16N4. The Bertz CT molecular complexity index is 219. The minimum atomic E-state index is 0.764. The molecule has 0 spiro atoms. The fourth-order valence-electron chi connectivity index (χ4n) is 1.16. The van der Waals surface area contributed by atoms with Crippen LogP contribution in [-0.4, -0.2) is 21.3 Å². The van der Waals surface area contributed by atoms with Crippen molar-refractivity contribution in [2.75, 3.05) is 6.54 Å². The molecule has 0 fully saturated rings. The van der Waals surface area contributed by atoms with E-state index in [1.54, 1.807) is 6.33 Å². The van der Waals surface area contributed by atoms with E-state index in [2.05, 4.69) is 21.7 Å². The van der Waals surface area contributed by atoms with Crippen molar-refractivity contribution >= 4 is 0 Å². The SMILES string of the molecule is CCn1cnnc1CCCCN. The van der Waals surface area contributed by atoms with Crippen molar-refractivity contribution in [1.29, 1.82) is 0 Å². The van der Waals surface area contributed by atoms with E-state index in [-0.39, 0.29) is 0 Å². The van der Waals surface area contributed by atoms with Crippen LogP contribution in [0.15, 0.2) is 6.33 Å². The van der Waals surface area contributed by atoms with E-state index in [0.29, 0.717) is 0 Å². The van der Waals surface area contributed by atoms with Gasteiger partial charge in [-0.1, -0.05) is 0 Å². The van der Waals surface area contributed by atoms with Crippen molar-refractivity contribution in [3.8, 4) is 0 Å². The van der Waals surface area contributed by atoms with Crippen LogP contribution in [0.4, 0.5) is 0 Å². The van der Waals surface area contributed by atoms with Gasteiger partial charge in [-0.2, -0.15) is 0 Å². The number of hydrogen-bond acceptors (Lipinski definition) is 3. The Hall–Kier alpha value is -0.900. The summed E-state index contributed by atoms with van der Waals surface area (Å²) >= 11 is 0. The highest BCUT2D eigenvalue weighted by molar-refractivity contribution is 4.85. The lowest BCUT2D eigenvalue weighted by Crippen LogP contribution is -2.03. The van der Waals surface area contributed by atoms with Crippen LogP contribution >= 0.6 is 0 Å². The third-order valence-corrected chi connectivity index (χ3v) is 1.89. The van der Waals surface area contributed by atoms with Crippen molar-refractivity contribution in [3.05, 3.63) is 12.2 Å². The Labute approximate surface area is 72.8 Å². The molecule has 0 aromatic carbocycles. The average molecular weight is 168 g/mol. The molecule has 4 nitrogen and oxygen atoms in total. The number of aromatic nitrogens is 3. The Morgan fingerprint density at radius 2 is 2.33 bits per heavy atom. The number of nitrogens with zero attached hydrogens (tertiary/aromatic N) is 3. The fourth-order valence-corrected chi connectivity index (χ4v) is 1.16. The summed E-state index contributed by atoms with van der Waals surface area (Å²) in [6.07, 6.45) is 4.94. The Morgan fingerprint density at radius 1 is 1.50 bits per heavy atom. The van der Waals surface area contributed by atoms with E-state index in [9.17, 15) is 0 Å². The van der Waals surface area contributed by atoms with Crippen molar-refractivity contribution in [2.24, 2.45) is 5.73 Å². The van der Waals surface area contributed by atoms with E-state index < -0.39 is 0 Å². The summed E-state index contributed by atoms with van der Waals surface area (Å²) in [4.78, 5) is 0. The third kappa shape index (κ3) is 2.30. The molecule has 2 N–H and O–H groups in total. The summed E-state index contributed by atoms with van der Waals surface area (Å²) in [7, 11) is 0. The van der Waals surface area contributed by atoms with Crippen LogP contribution < -0.4 is 5.73 Å². The van der Waals surface area contributed by atoms with Gasteiger partial charge in [0, 0.05) is 13.0 Å². The standard InChI is InChI=1S/C8H16N4/c1-2-12-7-10-11-8(12)5-3-4-6-9/h7H,2-6,9H2,1H3. The molecule has 1 rings (SSSR count). The summed E-state index contributed by atoms with van der Waals surface area (Å²) in [5, 5.41) is 7.88. The second-order valence-electron chi connectivity index (χ2n) is 2.78. The van der Waals surface area contributed by atoms with Gasteiger partial charge in [0.1, 0.15) is 12.2 Å². The van der Waals surface area contributed by atoms with E-state index in [1.165, 1.54) is 0 Å². The molecule has 0 saturated heterocycles. The summed E-state index contributed by atoms with van der Waals surface area (Å²) in [5.41, 5.74) is 5.40. The van der Waals surface area contributed by atoms with Gasteiger partial charge in [-0.05, 0) is 26.3 Å².